The van der Waals surface area contributed by atoms with Crippen LogP contribution < -0.4 is 5.32 Å². The molecule has 1 saturated heterocycles. The van der Waals surface area contributed by atoms with E-state index in [1.807, 2.05) is 20.8 Å². The lowest BCUT2D eigenvalue weighted by atomic mass is 9.97. The molecule has 0 aliphatic carbocycles. The number of nitrogens with zero attached hydrogens (tertiary/aromatic N) is 1. The van der Waals surface area contributed by atoms with Crippen LogP contribution in [0.5, 0.6) is 0 Å². The average molecular weight is 328 g/mol. The summed E-state index contributed by atoms with van der Waals surface area (Å²) in [7, 11) is 0. The zero-order valence-corrected chi connectivity index (χ0v) is 14.3. The van der Waals surface area contributed by atoms with E-state index in [1.165, 1.54) is 0 Å². The molecule has 1 aliphatic rings. The summed E-state index contributed by atoms with van der Waals surface area (Å²) in [6.07, 6.45) is 1.99. The SMILES string of the molecule is CC(C)(C)OC(=O)N1CCC(CNC(=O)CCCC(=O)O)CC1. The number of carboxylic acids is 1. The van der Waals surface area contributed by atoms with E-state index in [-0.39, 0.29) is 24.8 Å². The number of hydrogen-bond acceptors (Lipinski definition) is 4. The molecule has 0 aromatic heterocycles. The van der Waals surface area contributed by atoms with Crippen molar-refractivity contribution in [2.75, 3.05) is 19.6 Å². The Morgan fingerprint density at radius 3 is 2.30 bits per heavy atom. The Labute approximate surface area is 137 Å². The molecule has 23 heavy (non-hydrogen) atoms. The second-order valence-electron chi connectivity index (χ2n) is 6.96. The third kappa shape index (κ3) is 8.42. The molecule has 2 amide bonds. The summed E-state index contributed by atoms with van der Waals surface area (Å²) < 4.78 is 5.34. The highest BCUT2D eigenvalue weighted by atomic mass is 16.6. The predicted octanol–water partition coefficient (Wildman–Crippen LogP) is 2.00. The van der Waals surface area contributed by atoms with E-state index in [1.54, 1.807) is 4.90 Å². The summed E-state index contributed by atoms with van der Waals surface area (Å²) in [6, 6.07) is 0. The van der Waals surface area contributed by atoms with Crippen LogP contribution in [-0.4, -0.2) is 53.2 Å². The van der Waals surface area contributed by atoms with Crippen molar-refractivity contribution in [2.24, 2.45) is 5.92 Å². The molecule has 0 saturated carbocycles. The van der Waals surface area contributed by atoms with Crippen LogP contribution in [0.25, 0.3) is 0 Å². The number of ether oxygens (including phenoxy) is 1. The smallest absolute Gasteiger partial charge is 0.410 e. The van der Waals surface area contributed by atoms with Crippen LogP contribution >= 0.6 is 0 Å². The zero-order valence-electron chi connectivity index (χ0n) is 14.3. The topological polar surface area (TPSA) is 95.9 Å². The first-order valence-electron chi connectivity index (χ1n) is 8.14. The highest BCUT2D eigenvalue weighted by Crippen LogP contribution is 2.19. The van der Waals surface area contributed by atoms with Crippen LogP contribution in [0.3, 0.4) is 0 Å². The molecule has 1 rings (SSSR count). The third-order valence-electron chi connectivity index (χ3n) is 3.65. The predicted molar refractivity (Wildman–Crippen MR) is 85.0 cm³/mol. The maximum absolute atomic E-state index is 11.9. The highest BCUT2D eigenvalue weighted by molar-refractivity contribution is 5.76. The molecule has 0 aromatic carbocycles. The molecule has 1 aliphatic heterocycles. The second-order valence-corrected chi connectivity index (χ2v) is 6.96. The first-order valence-corrected chi connectivity index (χ1v) is 8.14. The van der Waals surface area contributed by atoms with Gasteiger partial charge in [-0.3, -0.25) is 9.59 Å². The Morgan fingerprint density at radius 2 is 1.78 bits per heavy atom. The monoisotopic (exact) mass is 328 g/mol. The summed E-state index contributed by atoms with van der Waals surface area (Å²) in [5.74, 6) is -0.648. The van der Waals surface area contributed by atoms with Crippen LogP contribution in [0.4, 0.5) is 4.79 Å². The number of likely N-dealkylation sites (tertiary alicyclic amines) is 1. The van der Waals surface area contributed by atoms with Crippen molar-refractivity contribution in [2.45, 2.75) is 58.5 Å². The average Bonchev–Trinajstić information content (AvgIpc) is 2.43. The van der Waals surface area contributed by atoms with Crippen LogP contribution in [0, 0.1) is 5.92 Å². The lowest BCUT2D eigenvalue weighted by Crippen LogP contribution is -2.43. The van der Waals surface area contributed by atoms with Gasteiger partial charge in [-0.15, -0.1) is 0 Å². The molecule has 7 nitrogen and oxygen atoms in total. The van der Waals surface area contributed by atoms with Gasteiger partial charge in [0.25, 0.3) is 0 Å². The van der Waals surface area contributed by atoms with Gasteiger partial charge in [-0.25, -0.2) is 4.79 Å². The van der Waals surface area contributed by atoms with Crippen LogP contribution in [-0.2, 0) is 14.3 Å². The van der Waals surface area contributed by atoms with Gasteiger partial charge in [-0.05, 0) is 46.0 Å². The van der Waals surface area contributed by atoms with Gasteiger partial charge in [-0.2, -0.15) is 0 Å². The molecule has 0 unspecified atom stereocenters. The fraction of sp³-hybridized carbons (Fsp3) is 0.812. The Morgan fingerprint density at radius 1 is 1.17 bits per heavy atom. The summed E-state index contributed by atoms with van der Waals surface area (Å²) in [4.78, 5) is 35.6. The Hall–Kier alpha value is -1.79. The van der Waals surface area contributed by atoms with Gasteiger partial charge in [0.15, 0.2) is 0 Å². The fourth-order valence-electron chi connectivity index (χ4n) is 2.39. The summed E-state index contributed by atoms with van der Waals surface area (Å²) >= 11 is 0. The third-order valence-corrected chi connectivity index (χ3v) is 3.65. The number of carbonyl (C=O) groups excluding carboxylic acids is 2. The van der Waals surface area contributed by atoms with Gasteiger partial charge in [0.1, 0.15) is 5.60 Å². The molecule has 0 atom stereocenters. The Balaban J connectivity index is 2.20. The van der Waals surface area contributed by atoms with Gasteiger partial charge >= 0.3 is 12.1 Å². The minimum absolute atomic E-state index is 0.0156. The van der Waals surface area contributed by atoms with Gasteiger partial charge in [0.2, 0.25) is 5.91 Å². The standard InChI is InChI=1S/C16H28N2O5/c1-16(2,3)23-15(22)18-9-7-12(8-10-18)11-17-13(19)5-4-6-14(20)21/h12H,4-11H2,1-3H3,(H,17,19)(H,20,21). The first kappa shape index (κ1) is 19.3. The van der Waals surface area contributed by atoms with E-state index in [9.17, 15) is 14.4 Å². The number of piperidine rings is 1. The molecule has 1 heterocycles. The fourth-order valence-corrected chi connectivity index (χ4v) is 2.39. The number of nitrogens with one attached hydrogen (secondary N) is 1. The van der Waals surface area contributed by atoms with Gasteiger partial charge in [0.05, 0.1) is 0 Å². The molecule has 0 spiro atoms. The van der Waals surface area contributed by atoms with E-state index in [0.29, 0.717) is 32.0 Å². The van der Waals surface area contributed by atoms with Gasteiger partial charge in [-0.1, -0.05) is 0 Å². The minimum atomic E-state index is -0.882. The van der Waals surface area contributed by atoms with E-state index < -0.39 is 11.6 Å². The number of carbonyl (C=O) groups is 3. The van der Waals surface area contributed by atoms with E-state index >= 15 is 0 Å². The quantitative estimate of drug-likeness (QED) is 0.777. The number of aliphatic carboxylic acids is 1. The normalized spacial score (nSPS) is 16.0. The summed E-state index contributed by atoms with van der Waals surface area (Å²) in [6.45, 7) is 7.38. The van der Waals surface area contributed by atoms with Crippen molar-refractivity contribution < 1.29 is 24.2 Å². The van der Waals surface area contributed by atoms with E-state index in [4.69, 9.17) is 9.84 Å². The molecule has 7 heteroatoms. The number of carboxylic acid groups (broad SMARTS) is 1. The number of hydrogen-bond donors (Lipinski definition) is 2. The van der Waals surface area contributed by atoms with Crippen molar-refractivity contribution in [3.63, 3.8) is 0 Å². The Bertz CT molecular complexity index is 423. The van der Waals surface area contributed by atoms with Crippen molar-refractivity contribution in [3.8, 4) is 0 Å². The number of rotatable bonds is 6. The van der Waals surface area contributed by atoms with Gasteiger partial charge < -0.3 is 20.1 Å². The molecular formula is C16H28N2O5. The largest absolute Gasteiger partial charge is 0.481 e. The van der Waals surface area contributed by atoms with Gasteiger partial charge in [0, 0.05) is 32.5 Å². The van der Waals surface area contributed by atoms with E-state index in [0.717, 1.165) is 12.8 Å². The molecule has 2 N–H and O–H groups in total. The Kier molecular flexibility index (Phi) is 7.32. The highest BCUT2D eigenvalue weighted by Gasteiger charge is 2.26. The summed E-state index contributed by atoms with van der Waals surface area (Å²) in [5, 5.41) is 11.4. The van der Waals surface area contributed by atoms with Crippen LogP contribution in [0.15, 0.2) is 0 Å². The van der Waals surface area contributed by atoms with Crippen molar-refractivity contribution in [1.29, 1.82) is 0 Å². The minimum Gasteiger partial charge on any atom is -0.481 e. The summed E-state index contributed by atoms with van der Waals surface area (Å²) in [5.41, 5.74) is -0.488. The lowest BCUT2D eigenvalue weighted by molar-refractivity contribution is -0.137. The molecule has 0 radical (unpaired) electrons. The van der Waals surface area contributed by atoms with Crippen molar-refractivity contribution in [3.05, 3.63) is 0 Å². The molecule has 0 bridgehead atoms. The zero-order chi connectivity index (χ0) is 17.5. The molecule has 132 valence electrons. The van der Waals surface area contributed by atoms with Crippen LogP contribution in [0.2, 0.25) is 0 Å². The van der Waals surface area contributed by atoms with Crippen LogP contribution in [0.1, 0.15) is 52.9 Å². The van der Waals surface area contributed by atoms with Crippen molar-refractivity contribution in [1.82, 2.24) is 10.2 Å². The van der Waals surface area contributed by atoms with E-state index in [2.05, 4.69) is 5.32 Å². The maximum atomic E-state index is 11.9. The maximum Gasteiger partial charge on any atom is 0.410 e. The number of amides is 2. The first-order chi connectivity index (χ1) is 10.7. The molecular weight excluding hydrogens is 300 g/mol. The molecule has 0 aromatic rings. The lowest BCUT2D eigenvalue weighted by Gasteiger charge is -2.33. The second kappa shape index (κ2) is 8.74. The molecule has 1 fully saturated rings. The van der Waals surface area contributed by atoms with Crippen molar-refractivity contribution >= 4 is 18.0 Å².